The molecule has 20 heavy (non-hydrogen) atoms. The van der Waals surface area contributed by atoms with Crippen molar-refractivity contribution in [1.82, 2.24) is 20.2 Å². The maximum absolute atomic E-state index is 12.0. The molecule has 3 heterocycles. The van der Waals surface area contributed by atoms with Crippen LogP contribution in [0, 0.1) is 6.92 Å². The maximum Gasteiger partial charge on any atom is 0.275 e. The summed E-state index contributed by atoms with van der Waals surface area (Å²) >= 11 is 1.39. The lowest BCUT2D eigenvalue weighted by molar-refractivity contribution is 0.102. The molecule has 0 fully saturated rings. The lowest BCUT2D eigenvalue weighted by atomic mass is 10.2. The topological polar surface area (TPSA) is 83.6 Å². The molecule has 1 amide bonds. The summed E-state index contributed by atoms with van der Waals surface area (Å²) in [6.45, 7) is 1.88. The van der Waals surface area contributed by atoms with Crippen LogP contribution in [0.4, 0.5) is 5.13 Å². The third kappa shape index (κ3) is 2.57. The van der Waals surface area contributed by atoms with Gasteiger partial charge in [-0.05, 0) is 25.1 Å². The van der Waals surface area contributed by atoms with Crippen LogP contribution in [0.1, 0.15) is 16.2 Å². The average Bonchev–Trinajstić information content (AvgIpc) is 3.09. The molecule has 0 aliphatic carbocycles. The van der Waals surface area contributed by atoms with Gasteiger partial charge in [0.05, 0.1) is 11.4 Å². The summed E-state index contributed by atoms with van der Waals surface area (Å²) < 4.78 is 0. The van der Waals surface area contributed by atoms with E-state index in [1.165, 1.54) is 11.3 Å². The predicted octanol–water partition coefficient (Wildman–Crippen LogP) is 2.49. The Kier molecular flexibility index (Phi) is 3.26. The molecule has 0 atom stereocenters. The number of aromatic amines is 1. The summed E-state index contributed by atoms with van der Waals surface area (Å²) in [7, 11) is 0. The number of rotatable bonds is 3. The Morgan fingerprint density at radius 3 is 3.05 bits per heavy atom. The van der Waals surface area contributed by atoms with Crippen LogP contribution in [-0.4, -0.2) is 26.1 Å². The number of H-pyrrole nitrogens is 1. The van der Waals surface area contributed by atoms with Crippen molar-refractivity contribution in [2.75, 3.05) is 5.32 Å². The summed E-state index contributed by atoms with van der Waals surface area (Å²) in [5.74, 6) is -0.262. The van der Waals surface area contributed by atoms with Crippen molar-refractivity contribution in [3.05, 3.63) is 47.4 Å². The monoisotopic (exact) mass is 285 g/mol. The van der Waals surface area contributed by atoms with E-state index in [4.69, 9.17) is 0 Å². The number of hydrogen-bond donors (Lipinski definition) is 2. The van der Waals surface area contributed by atoms with Crippen LogP contribution < -0.4 is 5.32 Å². The average molecular weight is 285 g/mol. The second kappa shape index (κ2) is 5.22. The van der Waals surface area contributed by atoms with Gasteiger partial charge in [0.25, 0.3) is 5.91 Å². The van der Waals surface area contributed by atoms with Crippen molar-refractivity contribution in [3.63, 3.8) is 0 Å². The fraction of sp³-hybridized carbons (Fsp3) is 0.0769. The van der Waals surface area contributed by atoms with E-state index in [2.05, 4.69) is 25.5 Å². The van der Waals surface area contributed by atoms with Gasteiger partial charge in [-0.25, -0.2) is 4.98 Å². The van der Waals surface area contributed by atoms with Crippen molar-refractivity contribution in [2.45, 2.75) is 6.92 Å². The highest BCUT2D eigenvalue weighted by Gasteiger charge is 2.12. The molecule has 0 radical (unpaired) electrons. The number of nitrogens with zero attached hydrogens (tertiary/aromatic N) is 3. The standard InChI is InChI=1S/C13H11N5OS/c1-8-7-20-13(15-8)16-12(19)11-5-10(17-18-11)9-3-2-4-14-6-9/h2-7H,1H3,(H,17,18)(H,15,16,19). The van der Waals surface area contributed by atoms with Gasteiger partial charge in [0.15, 0.2) is 5.13 Å². The minimum absolute atomic E-state index is 0.262. The van der Waals surface area contributed by atoms with Crippen LogP contribution in [-0.2, 0) is 0 Å². The smallest absolute Gasteiger partial charge is 0.275 e. The number of carbonyl (C=O) groups is 1. The van der Waals surface area contributed by atoms with Gasteiger partial charge in [0, 0.05) is 23.3 Å². The Hall–Kier alpha value is -2.54. The van der Waals surface area contributed by atoms with Crippen molar-refractivity contribution in [2.24, 2.45) is 0 Å². The van der Waals surface area contributed by atoms with Crippen LogP contribution in [0.15, 0.2) is 36.0 Å². The molecule has 3 aromatic rings. The third-order valence-electron chi connectivity index (χ3n) is 2.62. The molecule has 3 aromatic heterocycles. The Morgan fingerprint density at radius 1 is 1.45 bits per heavy atom. The Balaban J connectivity index is 1.78. The summed E-state index contributed by atoms with van der Waals surface area (Å²) in [4.78, 5) is 20.2. The van der Waals surface area contributed by atoms with Crippen LogP contribution in [0.25, 0.3) is 11.3 Å². The number of amides is 1. The second-order valence-electron chi connectivity index (χ2n) is 4.16. The molecule has 0 aromatic carbocycles. The van der Waals surface area contributed by atoms with Crippen LogP contribution in [0.5, 0.6) is 0 Å². The SMILES string of the molecule is Cc1csc(NC(=O)c2cc(-c3cccnc3)n[nH]2)n1. The molecule has 2 N–H and O–H groups in total. The summed E-state index contributed by atoms with van der Waals surface area (Å²) in [6.07, 6.45) is 3.39. The molecule has 0 spiro atoms. The molecular formula is C13H11N5OS. The first-order valence-electron chi connectivity index (χ1n) is 5.91. The molecule has 0 aliphatic heterocycles. The quantitative estimate of drug-likeness (QED) is 0.774. The molecule has 0 bridgehead atoms. The Labute approximate surface area is 118 Å². The third-order valence-corrected chi connectivity index (χ3v) is 3.49. The van der Waals surface area contributed by atoms with E-state index in [9.17, 15) is 4.79 Å². The molecule has 0 unspecified atom stereocenters. The zero-order valence-corrected chi connectivity index (χ0v) is 11.4. The fourth-order valence-corrected chi connectivity index (χ4v) is 2.36. The number of aryl methyl sites for hydroxylation is 1. The first-order chi connectivity index (χ1) is 9.72. The molecule has 0 saturated carbocycles. The van der Waals surface area contributed by atoms with E-state index < -0.39 is 0 Å². The first-order valence-corrected chi connectivity index (χ1v) is 6.79. The highest BCUT2D eigenvalue weighted by atomic mass is 32.1. The highest BCUT2D eigenvalue weighted by Crippen LogP contribution is 2.18. The Morgan fingerprint density at radius 2 is 2.35 bits per heavy atom. The van der Waals surface area contributed by atoms with Gasteiger partial charge >= 0.3 is 0 Å². The summed E-state index contributed by atoms with van der Waals surface area (Å²) in [5, 5.41) is 12.0. The van der Waals surface area contributed by atoms with Crippen molar-refractivity contribution >= 4 is 22.4 Å². The largest absolute Gasteiger partial charge is 0.297 e. The number of carbonyl (C=O) groups excluding carboxylic acids is 1. The van der Waals surface area contributed by atoms with Gasteiger partial charge < -0.3 is 0 Å². The minimum atomic E-state index is -0.262. The van der Waals surface area contributed by atoms with Gasteiger partial charge in [0.2, 0.25) is 0 Å². The van der Waals surface area contributed by atoms with Gasteiger partial charge in [-0.3, -0.25) is 20.2 Å². The molecular weight excluding hydrogens is 274 g/mol. The van der Waals surface area contributed by atoms with Crippen LogP contribution >= 0.6 is 11.3 Å². The molecule has 100 valence electrons. The van der Waals surface area contributed by atoms with Crippen LogP contribution in [0.2, 0.25) is 0 Å². The number of thiazole rings is 1. The Bertz CT molecular complexity index is 734. The van der Waals surface area contributed by atoms with E-state index in [1.807, 2.05) is 24.4 Å². The highest BCUT2D eigenvalue weighted by molar-refractivity contribution is 7.13. The minimum Gasteiger partial charge on any atom is -0.297 e. The zero-order chi connectivity index (χ0) is 13.9. The normalized spacial score (nSPS) is 10.4. The number of anilines is 1. The van der Waals surface area contributed by atoms with E-state index in [1.54, 1.807) is 18.5 Å². The maximum atomic E-state index is 12.0. The van der Waals surface area contributed by atoms with E-state index in [0.29, 0.717) is 16.5 Å². The first kappa shape index (κ1) is 12.5. The molecule has 6 nitrogen and oxygen atoms in total. The van der Waals surface area contributed by atoms with Crippen LogP contribution in [0.3, 0.4) is 0 Å². The molecule has 7 heteroatoms. The van der Waals surface area contributed by atoms with Gasteiger partial charge in [-0.2, -0.15) is 5.10 Å². The van der Waals surface area contributed by atoms with Gasteiger partial charge in [-0.1, -0.05) is 0 Å². The summed E-state index contributed by atoms with van der Waals surface area (Å²) in [5.41, 5.74) is 2.80. The van der Waals surface area contributed by atoms with Crippen molar-refractivity contribution in [3.8, 4) is 11.3 Å². The lowest BCUT2D eigenvalue weighted by Crippen LogP contribution is -2.12. The number of pyridine rings is 1. The number of hydrogen-bond acceptors (Lipinski definition) is 5. The molecule has 0 saturated heterocycles. The van der Waals surface area contributed by atoms with E-state index >= 15 is 0 Å². The van der Waals surface area contributed by atoms with Gasteiger partial charge in [-0.15, -0.1) is 11.3 Å². The van der Waals surface area contributed by atoms with E-state index in [0.717, 1.165) is 11.3 Å². The summed E-state index contributed by atoms with van der Waals surface area (Å²) in [6, 6.07) is 5.39. The molecule has 0 aliphatic rings. The zero-order valence-electron chi connectivity index (χ0n) is 10.6. The van der Waals surface area contributed by atoms with E-state index in [-0.39, 0.29) is 5.91 Å². The number of aromatic nitrogens is 4. The molecule has 3 rings (SSSR count). The van der Waals surface area contributed by atoms with Crippen molar-refractivity contribution in [1.29, 1.82) is 0 Å². The fourth-order valence-electron chi connectivity index (χ4n) is 1.68. The lowest BCUT2D eigenvalue weighted by Gasteiger charge is -1.97. The second-order valence-corrected chi connectivity index (χ2v) is 5.01. The number of nitrogens with one attached hydrogen (secondary N) is 2. The predicted molar refractivity (Wildman–Crippen MR) is 76.6 cm³/mol. The van der Waals surface area contributed by atoms with Crippen molar-refractivity contribution < 1.29 is 4.79 Å². The van der Waals surface area contributed by atoms with Gasteiger partial charge in [0.1, 0.15) is 5.69 Å².